The number of aromatic nitrogens is 1. The minimum absolute atomic E-state index is 0.312. The van der Waals surface area contributed by atoms with Crippen molar-refractivity contribution < 1.29 is 13.0 Å². The van der Waals surface area contributed by atoms with Crippen molar-refractivity contribution in [1.29, 1.82) is 0 Å². The molecule has 0 bridgehead atoms. The highest BCUT2D eigenvalue weighted by molar-refractivity contribution is 7.85. The molecule has 1 aromatic heterocycles. The van der Waals surface area contributed by atoms with Gasteiger partial charge in [0, 0.05) is 31.7 Å². The fourth-order valence-corrected chi connectivity index (χ4v) is 3.15. The summed E-state index contributed by atoms with van der Waals surface area (Å²) in [5, 5.41) is 0. The predicted molar refractivity (Wildman–Crippen MR) is 120 cm³/mol. The van der Waals surface area contributed by atoms with Crippen LogP contribution in [0.1, 0.15) is 22.4 Å². The zero-order valence-corrected chi connectivity index (χ0v) is 17.7. The molecule has 3 rings (SSSR count). The van der Waals surface area contributed by atoms with Crippen molar-refractivity contribution in [3.05, 3.63) is 95.3 Å². The van der Waals surface area contributed by atoms with E-state index in [9.17, 15) is 8.42 Å². The molecule has 2 aromatic carbocycles. The van der Waals surface area contributed by atoms with E-state index < -0.39 is 10.1 Å². The summed E-state index contributed by atoms with van der Waals surface area (Å²) >= 11 is 0. The Labute approximate surface area is 173 Å². The van der Waals surface area contributed by atoms with E-state index in [-0.39, 0.29) is 5.75 Å². The fourth-order valence-electron chi connectivity index (χ4n) is 2.53. The van der Waals surface area contributed by atoms with Gasteiger partial charge >= 0.3 is 0 Å². The van der Waals surface area contributed by atoms with Crippen molar-refractivity contribution in [3.63, 3.8) is 0 Å². The maximum absolute atomic E-state index is 10.4. The minimum atomic E-state index is -3.88. The first kappa shape index (κ1) is 22.3. The highest BCUT2D eigenvalue weighted by Crippen LogP contribution is 2.14. The van der Waals surface area contributed by atoms with Crippen molar-refractivity contribution in [1.82, 2.24) is 4.98 Å². The monoisotopic (exact) mass is 410 g/mol. The number of nitrogens with zero attached hydrogens (tertiary/aromatic N) is 2. The second-order valence-electron chi connectivity index (χ2n) is 6.76. The van der Waals surface area contributed by atoms with E-state index in [4.69, 9.17) is 4.55 Å². The number of aryl methyl sites for hydroxylation is 1. The molecule has 0 aliphatic carbocycles. The van der Waals surface area contributed by atoms with Crippen LogP contribution < -0.4 is 4.90 Å². The van der Waals surface area contributed by atoms with Crippen molar-refractivity contribution in [3.8, 4) is 0 Å². The number of hydrogen-bond donors (Lipinski definition) is 1. The summed E-state index contributed by atoms with van der Waals surface area (Å²) in [7, 11) is 0.215. The molecule has 152 valence electrons. The first-order chi connectivity index (χ1) is 13.7. The van der Waals surface area contributed by atoms with Crippen LogP contribution in [0.4, 0.5) is 5.69 Å². The molecular weight excluding hydrogens is 384 g/mol. The minimum Gasteiger partial charge on any atom is -0.378 e. The third-order valence-electron chi connectivity index (χ3n) is 3.99. The smallest absolute Gasteiger partial charge is 0.269 e. The summed E-state index contributed by atoms with van der Waals surface area (Å²) in [6.45, 7) is 2.00. The molecule has 3 aromatic rings. The third-order valence-corrected chi connectivity index (χ3v) is 4.69. The third kappa shape index (κ3) is 8.72. The average Bonchev–Trinajstić information content (AvgIpc) is 2.67. The van der Waals surface area contributed by atoms with Crippen LogP contribution >= 0.6 is 0 Å². The quantitative estimate of drug-likeness (QED) is 0.617. The molecule has 1 heterocycles. The second kappa shape index (κ2) is 10.5. The van der Waals surface area contributed by atoms with Gasteiger partial charge in [-0.25, -0.2) is 0 Å². The number of benzene rings is 2. The highest BCUT2D eigenvalue weighted by Gasteiger charge is 2.04. The lowest BCUT2D eigenvalue weighted by atomic mass is 10.1. The number of anilines is 1. The lowest BCUT2D eigenvalue weighted by Crippen LogP contribution is -2.07. The Morgan fingerprint density at radius 1 is 0.931 bits per heavy atom. The second-order valence-corrected chi connectivity index (χ2v) is 8.21. The molecule has 0 atom stereocenters. The van der Waals surface area contributed by atoms with Crippen LogP contribution in [0.25, 0.3) is 12.2 Å². The van der Waals surface area contributed by atoms with Crippen LogP contribution in [-0.4, -0.2) is 32.0 Å². The number of pyridine rings is 1. The Balaban J connectivity index is 0.000000234. The van der Waals surface area contributed by atoms with Crippen LogP contribution in [-0.2, 0) is 15.9 Å². The predicted octanol–water partition coefficient (Wildman–Crippen LogP) is 4.70. The zero-order chi connectivity index (χ0) is 21.3. The van der Waals surface area contributed by atoms with E-state index in [1.165, 1.54) is 16.8 Å². The lowest BCUT2D eigenvalue weighted by Gasteiger charge is -2.11. The summed E-state index contributed by atoms with van der Waals surface area (Å²) in [6, 6.07) is 21.1. The molecule has 0 aliphatic heterocycles. The molecule has 1 N–H and O–H groups in total. The molecule has 29 heavy (non-hydrogen) atoms. The zero-order valence-electron chi connectivity index (χ0n) is 16.9. The number of hydrogen-bond acceptors (Lipinski definition) is 4. The van der Waals surface area contributed by atoms with Gasteiger partial charge in [0.25, 0.3) is 10.1 Å². The Morgan fingerprint density at radius 3 is 2.10 bits per heavy atom. The molecule has 0 aliphatic rings. The van der Waals surface area contributed by atoms with Gasteiger partial charge < -0.3 is 4.90 Å². The van der Waals surface area contributed by atoms with Crippen molar-refractivity contribution in [2.45, 2.75) is 12.7 Å². The Hall–Kier alpha value is -2.96. The van der Waals surface area contributed by atoms with Gasteiger partial charge in [0.15, 0.2) is 0 Å². The Kier molecular flexibility index (Phi) is 8.12. The summed E-state index contributed by atoms with van der Waals surface area (Å²) in [6.07, 6.45) is 6.07. The first-order valence-electron chi connectivity index (χ1n) is 9.10. The molecule has 5 nitrogen and oxygen atoms in total. The lowest BCUT2D eigenvalue weighted by molar-refractivity contribution is 0.482. The van der Waals surface area contributed by atoms with Crippen LogP contribution in [0.15, 0.2) is 72.9 Å². The van der Waals surface area contributed by atoms with Gasteiger partial charge in [-0.05, 0) is 47.9 Å². The van der Waals surface area contributed by atoms with Gasteiger partial charge in [-0.15, -0.1) is 0 Å². The Morgan fingerprint density at radius 2 is 1.55 bits per heavy atom. The van der Waals surface area contributed by atoms with Gasteiger partial charge in [0.05, 0.1) is 0 Å². The van der Waals surface area contributed by atoms with Crippen LogP contribution in [0, 0.1) is 6.92 Å². The van der Waals surface area contributed by atoms with E-state index >= 15 is 0 Å². The first-order valence-corrected chi connectivity index (χ1v) is 10.7. The normalized spacial score (nSPS) is 11.0. The summed E-state index contributed by atoms with van der Waals surface area (Å²) in [5.74, 6) is -0.312. The molecule has 0 spiro atoms. The molecule has 0 amide bonds. The molecule has 0 radical (unpaired) electrons. The largest absolute Gasteiger partial charge is 0.378 e. The van der Waals surface area contributed by atoms with Gasteiger partial charge in [-0.2, -0.15) is 8.42 Å². The van der Waals surface area contributed by atoms with E-state index in [0.717, 1.165) is 5.69 Å². The molecule has 6 heteroatoms. The van der Waals surface area contributed by atoms with Gasteiger partial charge in [-0.3, -0.25) is 9.54 Å². The maximum Gasteiger partial charge on any atom is 0.269 e. The van der Waals surface area contributed by atoms with Gasteiger partial charge in [-0.1, -0.05) is 54.6 Å². The van der Waals surface area contributed by atoms with Crippen molar-refractivity contribution in [2.75, 3.05) is 19.0 Å². The number of rotatable bonds is 5. The fraction of sp³-hybridized carbons (Fsp3) is 0.174. The molecule has 0 fully saturated rings. The summed E-state index contributed by atoms with van der Waals surface area (Å²) in [5.41, 5.74) is 5.23. The van der Waals surface area contributed by atoms with E-state index in [2.05, 4.69) is 52.4 Å². The standard InChI is InChI=1S/C16H18N2.C7H8O3S/c1-13-12-15(10-11-17-13)5-4-14-6-8-16(9-7-14)18(2)3;8-11(9,10)6-7-4-2-1-3-5-7/h4-12H,1-3H3;1-5H,6H2,(H,8,9,10). The van der Waals surface area contributed by atoms with E-state index in [1.54, 1.807) is 30.3 Å². The molecule has 0 unspecified atom stereocenters. The van der Waals surface area contributed by atoms with Crippen molar-refractivity contribution >= 4 is 28.0 Å². The van der Waals surface area contributed by atoms with Gasteiger partial charge in [0.1, 0.15) is 5.75 Å². The van der Waals surface area contributed by atoms with Gasteiger partial charge in [0.2, 0.25) is 0 Å². The van der Waals surface area contributed by atoms with E-state index in [1.807, 2.05) is 33.3 Å². The SMILES string of the molecule is Cc1cc(C=Cc2ccc(N(C)C)cc2)ccn1.O=S(=O)(O)Cc1ccccc1. The summed E-state index contributed by atoms with van der Waals surface area (Å²) in [4.78, 5) is 6.28. The van der Waals surface area contributed by atoms with Crippen LogP contribution in [0.5, 0.6) is 0 Å². The topological polar surface area (TPSA) is 70.5 Å². The molecular formula is C23H26N2O3S. The molecule has 0 saturated heterocycles. The van der Waals surface area contributed by atoms with Crippen LogP contribution in [0.2, 0.25) is 0 Å². The highest BCUT2D eigenvalue weighted by atomic mass is 32.2. The van der Waals surface area contributed by atoms with E-state index in [0.29, 0.717) is 5.56 Å². The maximum atomic E-state index is 10.4. The molecule has 0 saturated carbocycles. The van der Waals surface area contributed by atoms with Crippen LogP contribution in [0.3, 0.4) is 0 Å². The summed E-state index contributed by atoms with van der Waals surface area (Å²) < 4.78 is 29.2. The van der Waals surface area contributed by atoms with Crippen molar-refractivity contribution in [2.24, 2.45) is 0 Å². The Bertz CT molecular complexity index is 1030. The average molecular weight is 411 g/mol.